The first-order valence-corrected chi connectivity index (χ1v) is 9.88. The van der Waals surface area contributed by atoms with Gasteiger partial charge in [0.15, 0.2) is 0 Å². The molecule has 1 N–H and O–H groups in total. The minimum Gasteiger partial charge on any atom is -0.493 e. The minimum atomic E-state index is -0.350. The van der Waals surface area contributed by atoms with E-state index >= 15 is 0 Å². The average molecular weight is 383 g/mol. The number of para-hydroxylation sites is 1. The van der Waals surface area contributed by atoms with E-state index in [0.717, 1.165) is 54.6 Å². The van der Waals surface area contributed by atoms with Gasteiger partial charge in [-0.15, -0.1) is 0 Å². The number of aliphatic hydroxyl groups is 1. The van der Waals surface area contributed by atoms with Gasteiger partial charge in [-0.1, -0.05) is 62.6 Å². The zero-order valence-electron chi connectivity index (χ0n) is 16.7. The van der Waals surface area contributed by atoms with Gasteiger partial charge >= 0.3 is 5.97 Å². The average Bonchev–Trinajstić information content (AvgIpc) is 2.75. The number of hydrogen-bond donors (Lipinski definition) is 1. The van der Waals surface area contributed by atoms with Gasteiger partial charge in [0, 0.05) is 12.2 Å². The molecule has 0 saturated carbocycles. The van der Waals surface area contributed by atoms with Gasteiger partial charge in [-0.3, -0.25) is 0 Å². The molecule has 0 aliphatic carbocycles. The lowest BCUT2D eigenvalue weighted by Crippen LogP contribution is -2.02. The largest absolute Gasteiger partial charge is 0.493 e. The summed E-state index contributed by atoms with van der Waals surface area (Å²) in [5.74, 6) is 0.474. The molecule has 0 fully saturated rings. The number of hydrogen-bond acceptors (Lipinski definition) is 4. The highest BCUT2D eigenvalue weighted by Gasteiger charge is 2.10. The Morgan fingerprint density at radius 2 is 1.50 bits per heavy atom. The number of ether oxygens (including phenoxy) is 2. The van der Waals surface area contributed by atoms with Crippen molar-refractivity contribution in [1.82, 2.24) is 0 Å². The number of rotatable bonds is 12. The van der Waals surface area contributed by atoms with Crippen LogP contribution in [-0.4, -0.2) is 31.4 Å². The Kier molecular flexibility index (Phi) is 9.29. The second-order valence-electron chi connectivity index (χ2n) is 6.74. The van der Waals surface area contributed by atoms with Crippen LogP contribution in [0.1, 0.15) is 60.0 Å². The fourth-order valence-corrected chi connectivity index (χ4v) is 3.03. The Hall–Kier alpha value is -2.59. The normalized spacial score (nSPS) is 10.5. The molecule has 28 heavy (non-hydrogen) atoms. The van der Waals surface area contributed by atoms with Crippen molar-refractivity contribution >= 4 is 11.5 Å². The third-order valence-corrected chi connectivity index (χ3v) is 4.68. The molecule has 150 valence electrons. The van der Waals surface area contributed by atoms with E-state index in [2.05, 4.69) is 6.58 Å². The SMILES string of the molecule is C=C(c1ccc(C(=O)OC)cc1)c1ccccc1OCCCCCCCCO. The highest BCUT2D eigenvalue weighted by molar-refractivity contribution is 5.90. The highest BCUT2D eigenvalue weighted by atomic mass is 16.5. The lowest BCUT2D eigenvalue weighted by molar-refractivity contribution is 0.0600. The number of esters is 1. The molecule has 2 rings (SSSR count). The highest BCUT2D eigenvalue weighted by Crippen LogP contribution is 2.30. The van der Waals surface area contributed by atoms with Gasteiger partial charge in [0.2, 0.25) is 0 Å². The van der Waals surface area contributed by atoms with Crippen LogP contribution in [0.15, 0.2) is 55.1 Å². The maximum Gasteiger partial charge on any atom is 0.337 e. The Morgan fingerprint density at radius 3 is 2.18 bits per heavy atom. The van der Waals surface area contributed by atoms with Crippen molar-refractivity contribution in [1.29, 1.82) is 0 Å². The van der Waals surface area contributed by atoms with E-state index < -0.39 is 0 Å². The summed E-state index contributed by atoms with van der Waals surface area (Å²) in [6, 6.07) is 15.1. The summed E-state index contributed by atoms with van der Waals surface area (Å²) < 4.78 is 10.8. The molecule has 0 spiro atoms. The predicted octanol–water partition coefficient (Wildman–Crippen LogP) is 5.25. The van der Waals surface area contributed by atoms with Gasteiger partial charge in [-0.2, -0.15) is 0 Å². The van der Waals surface area contributed by atoms with Crippen LogP contribution in [0.25, 0.3) is 5.57 Å². The van der Waals surface area contributed by atoms with Crippen LogP contribution in [0.2, 0.25) is 0 Å². The van der Waals surface area contributed by atoms with Crippen molar-refractivity contribution in [2.45, 2.75) is 38.5 Å². The van der Waals surface area contributed by atoms with Crippen LogP contribution in [0.5, 0.6) is 5.75 Å². The standard InChI is InChI=1S/C24H30O4/c1-19(20-13-15-21(16-14-20)24(26)27-2)22-11-7-8-12-23(22)28-18-10-6-4-3-5-9-17-25/h7-8,11-16,25H,1,3-6,9-10,17-18H2,2H3. The van der Waals surface area contributed by atoms with Crippen molar-refractivity contribution < 1.29 is 19.4 Å². The zero-order chi connectivity index (χ0) is 20.2. The molecular formula is C24H30O4. The molecule has 4 heteroatoms. The topological polar surface area (TPSA) is 55.8 Å². The van der Waals surface area contributed by atoms with E-state index in [1.165, 1.54) is 13.5 Å². The van der Waals surface area contributed by atoms with Gasteiger partial charge < -0.3 is 14.6 Å². The fourth-order valence-electron chi connectivity index (χ4n) is 3.03. The first-order valence-electron chi connectivity index (χ1n) is 9.88. The summed E-state index contributed by atoms with van der Waals surface area (Å²) in [6.45, 7) is 5.18. The summed E-state index contributed by atoms with van der Waals surface area (Å²) in [4.78, 5) is 11.6. The molecule has 0 bridgehead atoms. The Balaban J connectivity index is 1.92. The Bertz CT molecular complexity index is 749. The molecule has 0 aliphatic rings. The quantitative estimate of drug-likeness (QED) is 0.402. The molecule has 2 aromatic rings. The van der Waals surface area contributed by atoms with Crippen LogP contribution >= 0.6 is 0 Å². The molecular weight excluding hydrogens is 352 g/mol. The van der Waals surface area contributed by atoms with Crippen LogP contribution in [0.4, 0.5) is 0 Å². The van der Waals surface area contributed by atoms with Crippen LogP contribution in [0.3, 0.4) is 0 Å². The number of carbonyl (C=O) groups is 1. The number of aliphatic hydroxyl groups excluding tert-OH is 1. The molecule has 0 unspecified atom stereocenters. The monoisotopic (exact) mass is 382 g/mol. The zero-order valence-corrected chi connectivity index (χ0v) is 16.7. The molecule has 0 amide bonds. The Labute approximate surface area is 167 Å². The van der Waals surface area contributed by atoms with E-state index in [1.54, 1.807) is 12.1 Å². The van der Waals surface area contributed by atoms with Gasteiger partial charge in [-0.05, 0) is 42.2 Å². The molecule has 0 radical (unpaired) electrons. The lowest BCUT2D eigenvalue weighted by Gasteiger charge is -2.14. The molecule has 0 saturated heterocycles. The molecule has 0 atom stereocenters. The lowest BCUT2D eigenvalue weighted by atomic mass is 9.98. The predicted molar refractivity (Wildman–Crippen MR) is 113 cm³/mol. The smallest absolute Gasteiger partial charge is 0.337 e. The summed E-state index contributed by atoms with van der Waals surface area (Å²) >= 11 is 0. The van der Waals surface area contributed by atoms with Gasteiger partial charge in [0.25, 0.3) is 0 Å². The molecule has 0 heterocycles. The molecule has 4 nitrogen and oxygen atoms in total. The number of benzene rings is 2. The van der Waals surface area contributed by atoms with Crippen LogP contribution in [-0.2, 0) is 4.74 Å². The van der Waals surface area contributed by atoms with Crippen molar-refractivity contribution in [3.8, 4) is 5.75 Å². The Morgan fingerprint density at radius 1 is 0.893 bits per heavy atom. The van der Waals surface area contributed by atoms with Gasteiger partial charge in [0.1, 0.15) is 5.75 Å². The van der Waals surface area contributed by atoms with E-state index in [1.807, 2.05) is 36.4 Å². The third-order valence-electron chi connectivity index (χ3n) is 4.68. The van der Waals surface area contributed by atoms with E-state index in [0.29, 0.717) is 12.2 Å². The number of methoxy groups -OCH3 is 1. The summed E-state index contributed by atoms with van der Waals surface area (Å²) in [6.07, 6.45) is 6.46. The van der Waals surface area contributed by atoms with Crippen molar-refractivity contribution in [3.63, 3.8) is 0 Å². The fraction of sp³-hybridized carbons (Fsp3) is 0.375. The van der Waals surface area contributed by atoms with E-state index in [9.17, 15) is 4.79 Å². The summed E-state index contributed by atoms with van der Waals surface area (Å²) in [5, 5.41) is 8.79. The maximum atomic E-state index is 11.6. The first-order chi connectivity index (χ1) is 13.7. The van der Waals surface area contributed by atoms with Crippen molar-refractivity contribution in [3.05, 3.63) is 71.8 Å². The minimum absolute atomic E-state index is 0.287. The van der Waals surface area contributed by atoms with Crippen LogP contribution in [0, 0.1) is 0 Å². The van der Waals surface area contributed by atoms with Gasteiger partial charge in [0.05, 0.1) is 19.3 Å². The third kappa shape index (κ3) is 6.54. The molecule has 0 aromatic heterocycles. The van der Waals surface area contributed by atoms with E-state index in [4.69, 9.17) is 14.6 Å². The van der Waals surface area contributed by atoms with Crippen molar-refractivity contribution in [2.75, 3.05) is 20.3 Å². The second kappa shape index (κ2) is 12.0. The summed E-state index contributed by atoms with van der Waals surface area (Å²) in [5.41, 5.74) is 3.27. The van der Waals surface area contributed by atoms with E-state index in [-0.39, 0.29) is 12.6 Å². The number of carbonyl (C=O) groups excluding carboxylic acids is 1. The van der Waals surface area contributed by atoms with Crippen molar-refractivity contribution in [2.24, 2.45) is 0 Å². The van der Waals surface area contributed by atoms with Crippen LogP contribution < -0.4 is 4.74 Å². The maximum absolute atomic E-state index is 11.6. The second-order valence-corrected chi connectivity index (χ2v) is 6.74. The molecule has 2 aromatic carbocycles. The summed E-state index contributed by atoms with van der Waals surface area (Å²) in [7, 11) is 1.37. The molecule has 0 aliphatic heterocycles. The van der Waals surface area contributed by atoms with Gasteiger partial charge in [-0.25, -0.2) is 4.79 Å². The first kappa shape index (κ1) is 21.7. The number of unbranched alkanes of at least 4 members (excludes halogenated alkanes) is 5.